The third-order valence-electron chi connectivity index (χ3n) is 4.16. The van der Waals surface area contributed by atoms with Crippen molar-refractivity contribution in [3.8, 4) is 28.4 Å². The summed E-state index contributed by atoms with van der Waals surface area (Å²) < 4.78 is 10.9. The Morgan fingerprint density at radius 3 is 2.75 bits per heavy atom. The van der Waals surface area contributed by atoms with E-state index < -0.39 is 0 Å². The highest BCUT2D eigenvalue weighted by Gasteiger charge is 2.21. The molecule has 0 fully saturated rings. The molecule has 0 unspecified atom stereocenters. The van der Waals surface area contributed by atoms with E-state index in [1.807, 2.05) is 30.5 Å². The monoisotopic (exact) mass is 320 g/mol. The SMILES string of the molecule is COc1cc2c3c(c(-c4cccc(O)c4)cnc3c1OC)NC=C2. The van der Waals surface area contributed by atoms with E-state index in [1.165, 1.54) is 0 Å². The predicted octanol–water partition coefficient (Wildman–Crippen LogP) is 4.02. The molecular weight excluding hydrogens is 304 g/mol. The molecule has 24 heavy (non-hydrogen) atoms. The van der Waals surface area contributed by atoms with Crippen LogP contribution in [0.25, 0.3) is 28.1 Å². The summed E-state index contributed by atoms with van der Waals surface area (Å²) in [4.78, 5) is 4.61. The van der Waals surface area contributed by atoms with E-state index in [9.17, 15) is 5.11 Å². The molecule has 4 rings (SSSR count). The van der Waals surface area contributed by atoms with Gasteiger partial charge in [-0.3, -0.25) is 4.98 Å². The second kappa shape index (κ2) is 5.45. The largest absolute Gasteiger partial charge is 0.508 e. The van der Waals surface area contributed by atoms with Gasteiger partial charge in [-0.25, -0.2) is 0 Å². The fourth-order valence-electron chi connectivity index (χ4n) is 3.10. The van der Waals surface area contributed by atoms with Crippen molar-refractivity contribution in [3.05, 3.63) is 48.3 Å². The van der Waals surface area contributed by atoms with E-state index >= 15 is 0 Å². The molecule has 0 spiro atoms. The molecule has 5 nitrogen and oxygen atoms in total. The predicted molar refractivity (Wildman–Crippen MR) is 94.6 cm³/mol. The summed E-state index contributed by atoms with van der Waals surface area (Å²) in [5, 5.41) is 14.1. The minimum absolute atomic E-state index is 0.221. The minimum atomic E-state index is 0.221. The number of hydrogen-bond donors (Lipinski definition) is 2. The summed E-state index contributed by atoms with van der Waals surface area (Å²) in [5.41, 5.74) is 4.48. The van der Waals surface area contributed by atoms with Gasteiger partial charge in [-0.05, 0) is 35.4 Å². The Kier molecular flexibility index (Phi) is 3.27. The van der Waals surface area contributed by atoms with Gasteiger partial charge in [0.25, 0.3) is 0 Å². The Morgan fingerprint density at radius 1 is 1.12 bits per heavy atom. The lowest BCUT2D eigenvalue weighted by molar-refractivity contribution is 0.358. The zero-order valence-corrected chi connectivity index (χ0v) is 13.3. The lowest BCUT2D eigenvalue weighted by Gasteiger charge is -2.20. The van der Waals surface area contributed by atoms with Crippen LogP contribution in [0.2, 0.25) is 0 Å². The van der Waals surface area contributed by atoms with E-state index in [1.54, 1.807) is 32.5 Å². The Hall–Kier alpha value is -3.21. The average molecular weight is 320 g/mol. The Bertz CT molecular complexity index is 980. The summed E-state index contributed by atoms with van der Waals surface area (Å²) >= 11 is 0. The van der Waals surface area contributed by atoms with Crippen molar-refractivity contribution in [2.45, 2.75) is 0 Å². The smallest absolute Gasteiger partial charge is 0.187 e. The standard InChI is InChI=1S/C19H16N2O3/c1-23-15-9-12-6-7-20-17-14(11-4-3-5-13(22)8-11)10-21-18(16(12)17)19(15)24-2/h3-10,20,22H,1-2H3. The Labute approximate surface area is 139 Å². The van der Waals surface area contributed by atoms with Crippen LogP contribution < -0.4 is 14.8 Å². The van der Waals surface area contributed by atoms with E-state index in [0.717, 1.165) is 33.3 Å². The second-order valence-corrected chi connectivity index (χ2v) is 5.50. The first-order valence-electron chi connectivity index (χ1n) is 7.53. The molecule has 1 aromatic heterocycles. The molecule has 1 aliphatic heterocycles. The van der Waals surface area contributed by atoms with E-state index in [-0.39, 0.29) is 5.75 Å². The van der Waals surface area contributed by atoms with Crippen LogP contribution in [0.5, 0.6) is 17.2 Å². The first-order chi connectivity index (χ1) is 11.7. The van der Waals surface area contributed by atoms with E-state index in [0.29, 0.717) is 11.5 Å². The van der Waals surface area contributed by atoms with Crippen LogP contribution in [-0.2, 0) is 0 Å². The zero-order valence-electron chi connectivity index (χ0n) is 13.3. The number of phenols is 1. The maximum atomic E-state index is 9.78. The van der Waals surface area contributed by atoms with Crippen LogP contribution in [0.15, 0.2) is 42.7 Å². The molecule has 0 bridgehead atoms. The lowest BCUT2D eigenvalue weighted by Crippen LogP contribution is -2.03. The van der Waals surface area contributed by atoms with Crippen LogP contribution in [0.1, 0.15) is 5.56 Å². The lowest BCUT2D eigenvalue weighted by atomic mass is 9.97. The highest BCUT2D eigenvalue weighted by molar-refractivity contribution is 6.09. The first-order valence-corrected chi connectivity index (χ1v) is 7.53. The maximum Gasteiger partial charge on any atom is 0.187 e. The summed E-state index contributed by atoms with van der Waals surface area (Å²) in [7, 11) is 3.22. The molecule has 5 heteroatoms. The molecule has 0 aliphatic carbocycles. The quantitative estimate of drug-likeness (QED) is 0.763. The molecule has 120 valence electrons. The average Bonchev–Trinajstić information content (AvgIpc) is 2.61. The van der Waals surface area contributed by atoms with Crippen molar-refractivity contribution < 1.29 is 14.6 Å². The summed E-state index contributed by atoms with van der Waals surface area (Å²) in [6.07, 6.45) is 5.64. The Morgan fingerprint density at radius 2 is 2.00 bits per heavy atom. The van der Waals surface area contributed by atoms with Gasteiger partial charge in [0.2, 0.25) is 0 Å². The van der Waals surface area contributed by atoms with Gasteiger partial charge < -0.3 is 19.9 Å². The molecule has 0 atom stereocenters. The van der Waals surface area contributed by atoms with Crippen molar-refractivity contribution in [1.82, 2.24) is 4.98 Å². The van der Waals surface area contributed by atoms with Crippen LogP contribution in [0.4, 0.5) is 5.69 Å². The number of phenolic OH excluding ortho intramolecular Hbond substituents is 1. The first kappa shape index (κ1) is 14.4. The number of pyridine rings is 1. The third kappa shape index (κ3) is 2.06. The number of methoxy groups -OCH3 is 2. The fourth-order valence-corrected chi connectivity index (χ4v) is 3.10. The van der Waals surface area contributed by atoms with E-state index in [2.05, 4.69) is 10.3 Å². The summed E-state index contributed by atoms with van der Waals surface area (Å²) in [6.45, 7) is 0. The van der Waals surface area contributed by atoms with Crippen molar-refractivity contribution in [3.63, 3.8) is 0 Å². The minimum Gasteiger partial charge on any atom is -0.508 e. The van der Waals surface area contributed by atoms with Gasteiger partial charge in [-0.2, -0.15) is 0 Å². The number of anilines is 1. The highest BCUT2D eigenvalue weighted by Crippen LogP contribution is 2.45. The molecule has 0 saturated heterocycles. The van der Waals surface area contributed by atoms with E-state index in [4.69, 9.17) is 9.47 Å². The molecular formula is C19H16N2O3. The van der Waals surface area contributed by atoms with Gasteiger partial charge in [0, 0.05) is 23.3 Å². The summed E-state index contributed by atoms with van der Waals surface area (Å²) in [6, 6.07) is 9.07. The molecule has 2 N–H and O–H groups in total. The van der Waals surface area contributed by atoms with Crippen molar-refractivity contribution in [2.75, 3.05) is 19.5 Å². The maximum absolute atomic E-state index is 9.78. The van der Waals surface area contributed by atoms with Crippen LogP contribution >= 0.6 is 0 Å². The van der Waals surface area contributed by atoms with Crippen molar-refractivity contribution >= 4 is 22.7 Å². The van der Waals surface area contributed by atoms with Gasteiger partial charge in [-0.1, -0.05) is 12.1 Å². The zero-order chi connectivity index (χ0) is 16.7. The molecule has 2 heterocycles. The van der Waals surface area contributed by atoms with Gasteiger partial charge in [-0.15, -0.1) is 0 Å². The topological polar surface area (TPSA) is 63.6 Å². The number of aromatic hydroxyl groups is 1. The number of nitrogens with zero attached hydrogens (tertiary/aromatic N) is 1. The third-order valence-corrected chi connectivity index (χ3v) is 4.16. The molecule has 1 aliphatic rings. The number of ether oxygens (including phenoxy) is 2. The molecule has 0 radical (unpaired) electrons. The van der Waals surface area contributed by atoms with Gasteiger partial charge in [0.1, 0.15) is 11.3 Å². The van der Waals surface area contributed by atoms with Crippen LogP contribution in [0, 0.1) is 0 Å². The second-order valence-electron chi connectivity index (χ2n) is 5.50. The summed E-state index contributed by atoms with van der Waals surface area (Å²) in [5.74, 6) is 1.48. The number of hydrogen-bond acceptors (Lipinski definition) is 5. The van der Waals surface area contributed by atoms with Gasteiger partial charge in [0.15, 0.2) is 11.5 Å². The van der Waals surface area contributed by atoms with Gasteiger partial charge in [0.05, 0.1) is 19.9 Å². The van der Waals surface area contributed by atoms with Crippen LogP contribution in [-0.4, -0.2) is 24.3 Å². The number of aromatic nitrogens is 1. The number of benzene rings is 2. The number of nitrogens with one attached hydrogen (secondary N) is 1. The normalized spacial score (nSPS) is 12.1. The molecule has 0 amide bonds. The fraction of sp³-hybridized carbons (Fsp3) is 0.105. The Balaban J connectivity index is 2.07. The van der Waals surface area contributed by atoms with Crippen molar-refractivity contribution in [1.29, 1.82) is 0 Å². The van der Waals surface area contributed by atoms with Crippen LogP contribution in [0.3, 0.4) is 0 Å². The highest BCUT2D eigenvalue weighted by atomic mass is 16.5. The molecule has 2 aromatic carbocycles. The number of rotatable bonds is 3. The van der Waals surface area contributed by atoms with Crippen molar-refractivity contribution in [2.24, 2.45) is 0 Å². The molecule has 3 aromatic rings. The molecule has 0 saturated carbocycles. The van der Waals surface area contributed by atoms with Gasteiger partial charge >= 0.3 is 0 Å².